The average Bonchev–Trinajstić information content (AvgIpc) is 1.85. The molecule has 1 unspecified atom stereocenters. The van der Waals surface area contributed by atoms with Gasteiger partial charge in [0, 0.05) is 6.92 Å². The fraction of sp³-hybridized carbons (Fsp3) is 0.500. The number of ether oxygens (including phenoxy) is 1. The maximum Gasteiger partial charge on any atom is 0.303 e. The summed E-state index contributed by atoms with van der Waals surface area (Å²) >= 11 is 0. The first-order chi connectivity index (χ1) is 4.57. The highest BCUT2D eigenvalue weighted by molar-refractivity contribution is 5.66. The summed E-state index contributed by atoms with van der Waals surface area (Å²) in [4.78, 5) is 10.3. The molecule has 0 heterocycles. The maximum atomic E-state index is 10.3. The Morgan fingerprint density at radius 1 is 1.80 bits per heavy atom. The molecule has 0 bridgehead atoms. The molecule has 0 aliphatic rings. The van der Waals surface area contributed by atoms with E-state index >= 15 is 0 Å². The van der Waals surface area contributed by atoms with Crippen LogP contribution in [-0.2, 0) is 9.53 Å². The van der Waals surface area contributed by atoms with Crippen LogP contribution >= 0.6 is 0 Å². The normalized spacial score (nSPS) is 11.8. The molecule has 1 N–H and O–H groups in total. The summed E-state index contributed by atoms with van der Waals surface area (Å²) in [6, 6.07) is 0. The molecule has 10 heavy (non-hydrogen) atoms. The van der Waals surface area contributed by atoms with Crippen molar-refractivity contribution in [1.82, 2.24) is 0 Å². The molecular formula is C6H10N2O2. The Labute approximate surface area is 59.4 Å². The maximum absolute atomic E-state index is 10.3. The summed E-state index contributed by atoms with van der Waals surface area (Å²) < 4.78 is 4.65. The Morgan fingerprint density at radius 3 is 2.60 bits per heavy atom. The van der Waals surface area contributed by atoms with E-state index in [0.29, 0.717) is 0 Å². The molecule has 0 saturated carbocycles. The standard InChI is InChI=1S/C6H10N2O2/c1-4(8-7)5(2)10-6(3)9/h5,7H,1H2,2-3H3. The van der Waals surface area contributed by atoms with Crippen molar-refractivity contribution in [2.75, 3.05) is 0 Å². The smallest absolute Gasteiger partial charge is 0.303 e. The minimum absolute atomic E-state index is 0.246. The molecule has 0 aliphatic heterocycles. The van der Waals surface area contributed by atoms with Crippen LogP contribution in [0.4, 0.5) is 0 Å². The minimum atomic E-state index is -0.491. The van der Waals surface area contributed by atoms with Gasteiger partial charge in [0.05, 0.1) is 5.70 Å². The number of nitrogens with zero attached hydrogens (tertiary/aromatic N) is 1. The number of nitrogens with one attached hydrogen (secondary N) is 1. The van der Waals surface area contributed by atoms with E-state index in [2.05, 4.69) is 16.4 Å². The zero-order valence-electron chi connectivity index (χ0n) is 6.05. The highest BCUT2D eigenvalue weighted by atomic mass is 16.5. The van der Waals surface area contributed by atoms with Gasteiger partial charge in [-0.05, 0) is 6.92 Å². The van der Waals surface area contributed by atoms with Crippen LogP contribution in [0.25, 0.3) is 0 Å². The number of carbonyl (C=O) groups excluding carboxylic acids is 1. The van der Waals surface area contributed by atoms with E-state index in [9.17, 15) is 4.79 Å². The Bertz CT molecular complexity index is 165. The summed E-state index contributed by atoms with van der Waals surface area (Å²) in [5, 5.41) is 3.02. The van der Waals surface area contributed by atoms with Gasteiger partial charge in [0.1, 0.15) is 6.10 Å². The lowest BCUT2D eigenvalue weighted by Crippen LogP contribution is -2.12. The molecule has 0 amide bonds. The fourth-order valence-electron chi connectivity index (χ4n) is 0.408. The molecule has 0 fully saturated rings. The molecule has 0 spiro atoms. The molecule has 0 aliphatic carbocycles. The molecule has 1 atom stereocenters. The van der Waals surface area contributed by atoms with E-state index in [1.807, 2.05) is 0 Å². The molecular weight excluding hydrogens is 132 g/mol. The van der Waals surface area contributed by atoms with Crippen molar-refractivity contribution < 1.29 is 9.53 Å². The van der Waals surface area contributed by atoms with Gasteiger partial charge in [0.25, 0.3) is 0 Å². The summed E-state index contributed by atoms with van der Waals surface area (Å²) in [5.74, 6) is -0.391. The van der Waals surface area contributed by atoms with Gasteiger partial charge >= 0.3 is 5.97 Å². The minimum Gasteiger partial charge on any atom is -0.456 e. The van der Waals surface area contributed by atoms with Gasteiger partial charge in [-0.1, -0.05) is 6.58 Å². The van der Waals surface area contributed by atoms with Crippen molar-refractivity contribution >= 4 is 5.97 Å². The van der Waals surface area contributed by atoms with Crippen molar-refractivity contribution in [2.45, 2.75) is 20.0 Å². The van der Waals surface area contributed by atoms with E-state index < -0.39 is 12.1 Å². The number of hydrogen-bond acceptors (Lipinski definition) is 4. The SMILES string of the molecule is C=C(N=N)C(C)OC(C)=O. The number of hydrogen-bond donors (Lipinski definition) is 1. The Balaban J connectivity index is 3.84. The van der Waals surface area contributed by atoms with Gasteiger partial charge in [-0.2, -0.15) is 5.11 Å². The van der Waals surface area contributed by atoms with Crippen LogP contribution in [0.2, 0.25) is 0 Å². The van der Waals surface area contributed by atoms with E-state index in [0.717, 1.165) is 0 Å². The molecule has 0 aromatic heterocycles. The predicted molar refractivity (Wildman–Crippen MR) is 35.5 cm³/mol. The third kappa shape index (κ3) is 2.96. The van der Waals surface area contributed by atoms with Gasteiger partial charge in [0.15, 0.2) is 0 Å². The topological polar surface area (TPSA) is 62.5 Å². The van der Waals surface area contributed by atoms with Crippen molar-refractivity contribution in [1.29, 1.82) is 5.53 Å². The first-order valence-electron chi connectivity index (χ1n) is 2.81. The van der Waals surface area contributed by atoms with E-state index in [1.165, 1.54) is 6.92 Å². The Morgan fingerprint density at radius 2 is 2.30 bits per heavy atom. The van der Waals surface area contributed by atoms with Crippen molar-refractivity contribution in [3.63, 3.8) is 0 Å². The molecule has 0 rings (SSSR count). The number of rotatable bonds is 3. The quantitative estimate of drug-likeness (QED) is 0.479. The first-order valence-corrected chi connectivity index (χ1v) is 2.81. The fourth-order valence-corrected chi connectivity index (χ4v) is 0.408. The molecule has 0 radical (unpaired) electrons. The van der Waals surface area contributed by atoms with Crippen LogP contribution in [0.15, 0.2) is 17.4 Å². The van der Waals surface area contributed by atoms with Crippen LogP contribution in [0, 0.1) is 5.53 Å². The lowest BCUT2D eigenvalue weighted by molar-refractivity contribution is -0.143. The van der Waals surface area contributed by atoms with Crippen molar-refractivity contribution in [3.05, 3.63) is 12.3 Å². The van der Waals surface area contributed by atoms with Gasteiger partial charge in [0.2, 0.25) is 0 Å². The summed E-state index contributed by atoms with van der Waals surface area (Å²) in [6.45, 7) is 6.31. The molecule has 0 aromatic carbocycles. The summed E-state index contributed by atoms with van der Waals surface area (Å²) in [7, 11) is 0. The van der Waals surface area contributed by atoms with Crippen LogP contribution < -0.4 is 0 Å². The van der Waals surface area contributed by atoms with Gasteiger partial charge in [-0.3, -0.25) is 4.79 Å². The van der Waals surface area contributed by atoms with Crippen molar-refractivity contribution in [2.24, 2.45) is 5.11 Å². The Kier molecular flexibility index (Phi) is 3.32. The zero-order chi connectivity index (χ0) is 8.15. The van der Waals surface area contributed by atoms with Crippen LogP contribution in [0.1, 0.15) is 13.8 Å². The van der Waals surface area contributed by atoms with E-state index in [1.54, 1.807) is 6.92 Å². The lowest BCUT2D eigenvalue weighted by atomic mass is 10.3. The van der Waals surface area contributed by atoms with Crippen LogP contribution in [-0.4, -0.2) is 12.1 Å². The highest BCUT2D eigenvalue weighted by Crippen LogP contribution is 2.04. The van der Waals surface area contributed by atoms with Gasteiger partial charge in [-0.25, -0.2) is 5.53 Å². The lowest BCUT2D eigenvalue weighted by Gasteiger charge is -2.08. The first kappa shape index (κ1) is 8.81. The number of carbonyl (C=O) groups is 1. The van der Waals surface area contributed by atoms with Crippen molar-refractivity contribution in [3.8, 4) is 0 Å². The second-order valence-electron chi connectivity index (χ2n) is 1.85. The third-order valence-electron chi connectivity index (χ3n) is 0.956. The Hall–Kier alpha value is -1.19. The zero-order valence-corrected chi connectivity index (χ0v) is 6.05. The second kappa shape index (κ2) is 3.76. The van der Waals surface area contributed by atoms with Gasteiger partial charge in [-0.15, -0.1) is 0 Å². The molecule has 56 valence electrons. The second-order valence-corrected chi connectivity index (χ2v) is 1.85. The summed E-state index contributed by atoms with van der Waals surface area (Å²) in [5.41, 5.74) is 6.76. The molecule has 0 aromatic rings. The largest absolute Gasteiger partial charge is 0.456 e. The molecule has 0 saturated heterocycles. The highest BCUT2D eigenvalue weighted by Gasteiger charge is 2.07. The monoisotopic (exact) mass is 142 g/mol. The molecule has 4 nitrogen and oxygen atoms in total. The summed E-state index contributed by atoms with van der Waals surface area (Å²) in [6.07, 6.45) is -0.491. The van der Waals surface area contributed by atoms with Crippen LogP contribution in [0.5, 0.6) is 0 Å². The average molecular weight is 142 g/mol. The van der Waals surface area contributed by atoms with E-state index in [-0.39, 0.29) is 5.70 Å². The number of esters is 1. The third-order valence-corrected chi connectivity index (χ3v) is 0.956. The molecule has 4 heteroatoms. The predicted octanol–water partition coefficient (Wildman–Crippen LogP) is 1.48. The van der Waals surface area contributed by atoms with Crippen LogP contribution in [0.3, 0.4) is 0 Å². The van der Waals surface area contributed by atoms with Gasteiger partial charge < -0.3 is 4.74 Å². The van der Waals surface area contributed by atoms with E-state index in [4.69, 9.17) is 5.53 Å².